The van der Waals surface area contributed by atoms with Gasteiger partial charge in [0.25, 0.3) is 0 Å². The minimum Gasteiger partial charge on any atom is -0.411 e. The molecule has 1 aromatic carbocycles. The van der Waals surface area contributed by atoms with Gasteiger partial charge in [-0.1, -0.05) is 23.4 Å². The topological polar surface area (TPSA) is 35.8 Å². The number of fused-ring (bicyclic) bond motifs is 1. The summed E-state index contributed by atoms with van der Waals surface area (Å²) in [4.78, 5) is 2.43. The van der Waals surface area contributed by atoms with Gasteiger partial charge in [-0.25, -0.2) is 0 Å². The van der Waals surface area contributed by atoms with Crippen LogP contribution >= 0.6 is 0 Å². The van der Waals surface area contributed by atoms with E-state index >= 15 is 0 Å². The van der Waals surface area contributed by atoms with Crippen molar-refractivity contribution in [3.05, 3.63) is 29.8 Å². The summed E-state index contributed by atoms with van der Waals surface area (Å²) in [6, 6.07) is 8.94. The molecule has 0 spiro atoms. The molecule has 3 nitrogen and oxygen atoms in total. The Morgan fingerprint density at radius 2 is 2.06 bits per heavy atom. The third-order valence-electron chi connectivity index (χ3n) is 3.95. The molecule has 0 aromatic heterocycles. The zero-order valence-electron chi connectivity index (χ0n) is 9.97. The highest BCUT2D eigenvalue weighted by Gasteiger charge is 2.31. The lowest BCUT2D eigenvalue weighted by atomic mass is 9.99. The van der Waals surface area contributed by atoms with Crippen molar-refractivity contribution >= 4 is 11.4 Å². The largest absolute Gasteiger partial charge is 0.411 e. The Balaban J connectivity index is 1.95. The van der Waals surface area contributed by atoms with E-state index in [2.05, 4.69) is 34.3 Å². The molecule has 1 heterocycles. The van der Waals surface area contributed by atoms with Gasteiger partial charge in [0.1, 0.15) is 0 Å². The van der Waals surface area contributed by atoms with Gasteiger partial charge in [-0.2, -0.15) is 0 Å². The number of aryl methyl sites for hydroxylation is 1. The highest BCUT2D eigenvalue weighted by molar-refractivity contribution is 5.93. The van der Waals surface area contributed by atoms with Gasteiger partial charge in [-0.3, -0.25) is 0 Å². The Labute approximate surface area is 102 Å². The summed E-state index contributed by atoms with van der Waals surface area (Å²) in [7, 11) is 0. The normalized spacial score (nSPS) is 26.2. The number of nitrogens with zero attached hydrogens (tertiary/aromatic N) is 2. The minimum atomic E-state index is 0.321. The van der Waals surface area contributed by atoms with E-state index < -0.39 is 0 Å². The van der Waals surface area contributed by atoms with Crippen molar-refractivity contribution in [3.8, 4) is 0 Å². The van der Waals surface area contributed by atoms with E-state index in [1.54, 1.807) is 0 Å². The van der Waals surface area contributed by atoms with Crippen LogP contribution in [0.1, 0.15) is 31.2 Å². The monoisotopic (exact) mass is 230 g/mol. The summed E-state index contributed by atoms with van der Waals surface area (Å²) < 4.78 is 0. The number of oxime groups is 1. The van der Waals surface area contributed by atoms with Gasteiger partial charge in [-0.05, 0) is 43.7 Å². The molecule has 17 heavy (non-hydrogen) atoms. The van der Waals surface area contributed by atoms with Gasteiger partial charge in [0.05, 0.1) is 11.8 Å². The zero-order chi connectivity index (χ0) is 11.7. The van der Waals surface area contributed by atoms with Crippen molar-refractivity contribution in [2.75, 3.05) is 11.4 Å². The molecule has 1 unspecified atom stereocenters. The Morgan fingerprint density at radius 3 is 2.94 bits per heavy atom. The summed E-state index contributed by atoms with van der Waals surface area (Å²) in [5.41, 5.74) is 3.73. The first-order valence-corrected chi connectivity index (χ1v) is 6.45. The van der Waals surface area contributed by atoms with Crippen molar-refractivity contribution in [3.63, 3.8) is 0 Å². The number of hydrogen-bond donors (Lipinski definition) is 1. The van der Waals surface area contributed by atoms with E-state index in [0.717, 1.165) is 31.5 Å². The van der Waals surface area contributed by atoms with Crippen molar-refractivity contribution in [1.29, 1.82) is 0 Å². The highest BCUT2D eigenvalue weighted by Crippen LogP contribution is 2.32. The van der Waals surface area contributed by atoms with E-state index in [1.165, 1.54) is 24.1 Å². The summed E-state index contributed by atoms with van der Waals surface area (Å²) in [6.07, 6.45) is 5.58. The summed E-state index contributed by atoms with van der Waals surface area (Å²) in [6.45, 7) is 1.08. The van der Waals surface area contributed by atoms with E-state index in [9.17, 15) is 0 Å². The third kappa shape index (κ3) is 1.79. The van der Waals surface area contributed by atoms with Crippen LogP contribution < -0.4 is 4.90 Å². The Hall–Kier alpha value is -1.51. The van der Waals surface area contributed by atoms with Crippen LogP contribution in [-0.2, 0) is 6.42 Å². The lowest BCUT2D eigenvalue weighted by Crippen LogP contribution is -2.41. The van der Waals surface area contributed by atoms with Crippen molar-refractivity contribution in [2.45, 2.75) is 38.1 Å². The fraction of sp³-hybridized carbons (Fsp3) is 0.500. The Kier molecular flexibility index (Phi) is 2.75. The summed E-state index contributed by atoms with van der Waals surface area (Å²) >= 11 is 0. The fourth-order valence-electron chi connectivity index (χ4n) is 3.15. The second-order valence-electron chi connectivity index (χ2n) is 4.93. The third-order valence-corrected chi connectivity index (χ3v) is 3.95. The average Bonchev–Trinajstić information content (AvgIpc) is 2.86. The molecule has 1 saturated carbocycles. The first-order valence-electron chi connectivity index (χ1n) is 6.45. The molecule has 0 amide bonds. The van der Waals surface area contributed by atoms with Crippen LogP contribution in [-0.4, -0.2) is 23.5 Å². The van der Waals surface area contributed by atoms with Crippen molar-refractivity contribution in [2.24, 2.45) is 5.16 Å². The van der Waals surface area contributed by atoms with Crippen LogP contribution in [0.3, 0.4) is 0 Å². The average molecular weight is 230 g/mol. The Morgan fingerprint density at radius 1 is 1.18 bits per heavy atom. The van der Waals surface area contributed by atoms with Crippen LogP contribution in [0.5, 0.6) is 0 Å². The van der Waals surface area contributed by atoms with Crippen LogP contribution in [0.2, 0.25) is 0 Å². The molecule has 3 heteroatoms. The Bertz CT molecular complexity index is 442. The zero-order valence-corrected chi connectivity index (χ0v) is 9.97. The standard InChI is InChI=1S/C14H18N2O/c17-15-12-7-3-9-14(12)16-10-4-6-11-5-1-2-8-13(11)16/h1-2,5,8,14,17H,3-4,6-7,9-10H2. The van der Waals surface area contributed by atoms with Crippen molar-refractivity contribution in [1.82, 2.24) is 0 Å². The molecule has 0 radical (unpaired) electrons. The van der Waals surface area contributed by atoms with Gasteiger partial charge in [0, 0.05) is 12.2 Å². The summed E-state index contributed by atoms with van der Waals surface area (Å²) in [5.74, 6) is 0. The number of anilines is 1. The number of benzene rings is 1. The smallest absolute Gasteiger partial charge is 0.0794 e. The minimum absolute atomic E-state index is 0.321. The fourth-order valence-corrected chi connectivity index (χ4v) is 3.15. The molecular weight excluding hydrogens is 212 g/mol. The summed E-state index contributed by atoms with van der Waals surface area (Å²) in [5, 5.41) is 12.6. The molecule has 1 aliphatic heterocycles. The number of rotatable bonds is 1. The quantitative estimate of drug-likeness (QED) is 0.595. The van der Waals surface area contributed by atoms with E-state index in [0.29, 0.717) is 6.04 Å². The second-order valence-corrected chi connectivity index (χ2v) is 4.93. The van der Waals surface area contributed by atoms with Crippen LogP contribution in [0, 0.1) is 0 Å². The highest BCUT2D eigenvalue weighted by atomic mass is 16.4. The lowest BCUT2D eigenvalue weighted by molar-refractivity contribution is 0.316. The predicted octanol–water partition coefficient (Wildman–Crippen LogP) is 2.82. The maximum absolute atomic E-state index is 9.08. The van der Waals surface area contributed by atoms with E-state index in [-0.39, 0.29) is 0 Å². The first kappa shape index (κ1) is 10.6. The van der Waals surface area contributed by atoms with Gasteiger partial charge in [-0.15, -0.1) is 0 Å². The second kappa shape index (κ2) is 4.40. The predicted molar refractivity (Wildman–Crippen MR) is 69.0 cm³/mol. The SMILES string of the molecule is ON=C1CCCC1N1CCCc2ccccc21. The van der Waals surface area contributed by atoms with Gasteiger partial charge < -0.3 is 10.1 Å². The molecule has 3 rings (SSSR count). The van der Waals surface area contributed by atoms with E-state index in [1.807, 2.05) is 0 Å². The van der Waals surface area contributed by atoms with Gasteiger partial charge >= 0.3 is 0 Å². The molecule has 1 aliphatic carbocycles. The molecule has 1 aromatic rings. The van der Waals surface area contributed by atoms with Gasteiger partial charge in [0.2, 0.25) is 0 Å². The molecule has 1 fully saturated rings. The van der Waals surface area contributed by atoms with Gasteiger partial charge in [0.15, 0.2) is 0 Å². The number of hydrogen-bond acceptors (Lipinski definition) is 3. The maximum atomic E-state index is 9.08. The molecule has 0 saturated heterocycles. The maximum Gasteiger partial charge on any atom is 0.0794 e. The number of para-hydroxylation sites is 1. The van der Waals surface area contributed by atoms with Crippen LogP contribution in [0.25, 0.3) is 0 Å². The molecule has 2 aliphatic rings. The molecule has 1 N–H and O–H groups in total. The van der Waals surface area contributed by atoms with Crippen LogP contribution in [0.15, 0.2) is 29.4 Å². The lowest BCUT2D eigenvalue weighted by Gasteiger charge is -2.36. The molecular formula is C14H18N2O. The molecule has 1 atom stereocenters. The van der Waals surface area contributed by atoms with E-state index in [4.69, 9.17) is 5.21 Å². The molecule has 90 valence electrons. The van der Waals surface area contributed by atoms with Crippen molar-refractivity contribution < 1.29 is 5.21 Å². The molecule has 0 bridgehead atoms. The first-order chi connectivity index (χ1) is 8.40. The van der Waals surface area contributed by atoms with Crippen LogP contribution in [0.4, 0.5) is 5.69 Å².